The van der Waals surface area contributed by atoms with E-state index < -0.39 is 6.10 Å². The van der Waals surface area contributed by atoms with Gasteiger partial charge in [-0.2, -0.15) is 0 Å². The molecule has 1 N–H and O–H groups in total. The van der Waals surface area contributed by atoms with Gasteiger partial charge in [0.05, 0.1) is 24.0 Å². The first kappa shape index (κ1) is 14.3. The Morgan fingerprint density at radius 1 is 1.09 bits per heavy atom. The van der Waals surface area contributed by atoms with Gasteiger partial charge in [0.15, 0.2) is 0 Å². The van der Waals surface area contributed by atoms with Gasteiger partial charge in [0, 0.05) is 13.1 Å². The lowest BCUT2D eigenvalue weighted by atomic mass is 10.1. The van der Waals surface area contributed by atoms with E-state index in [1.807, 2.05) is 30.3 Å². The van der Waals surface area contributed by atoms with Crippen molar-refractivity contribution >= 4 is 17.3 Å². The summed E-state index contributed by atoms with van der Waals surface area (Å²) < 4.78 is 0. The molecule has 118 valence electrons. The van der Waals surface area contributed by atoms with Gasteiger partial charge in [0.2, 0.25) is 5.96 Å². The minimum absolute atomic E-state index is 0.523. The van der Waals surface area contributed by atoms with Gasteiger partial charge in [-0.25, -0.2) is 0 Å². The summed E-state index contributed by atoms with van der Waals surface area (Å²) in [5, 5.41) is 10.7. The zero-order valence-electron chi connectivity index (χ0n) is 13.3. The first-order valence-electron chi connectivity index (χ1n) is 8.17. The number of anilines is 2. The van der Waals surface area contributed by atoms with Crippen molar-refractivity contribution in [2.75, 3.05) is 29.4 Å². The van der Waals surface area contributed by atoms with E-state index in [1.54, 1.807) is 0 Å². The standard InChI is InChI=1S/C19H21N3O/c1-14-7-9-15(10-8-14)18(23)13-22-17-6-3-2-5-16(17)21-12-4-11-20-19(21)22/h2-3,5-10,18,23H,4,11-13H2,1H3/t18-/m0/s1. The lowest BCUT2D eigenvalue weighted by molar-refractivity contribution is 0.187. The Hall–Kier alpha value is -2.33. The van der Waals surface area contributed by atoms with Gasteiger partial charge in [-0.05, 0) is 31.0 Å². The Labute approximate surface area is 136 Å². The van der Waals surface area contributed by atoms with E-state index in [0.29, 0.717) is 6.54 Å². The topological polar surface area (TPSA) is 39.1 Å². The molecular formula is C19H21N3O. The van der Waals surface area contributed by atoms with E-state index in [0.717, 1.165) is 36.7 Å². The van der Waals surface area contributed by atoms with Crippen LogP contribution in [0, 0.1) is 6.92 Å². The predicted octanol–water partition coefficient (Wildman–Crippen LogP) is 3.11. The summed E-state index contributed by atoms with van der Waals surface area (Å²) in [4.78, 5) is 9.12. The Kier molecular flexibility index (Phi) is 3.54. The van der Waals surface area contributed by atoms with Crippen LogP contribution in [-0.4, -0.2) is 30.7 Å². The van der Waals surface area contributed by atoms with Crippen LogP contribution in [0.4, 0.5) is 11.4 Å². The maximum atomic E-state index is 10.7. The lowest BCUT2D eigenvalue weighted by Crippen LogP contribution is -2.43. The average molecular weight is 307 g/mol. The highest BCUT2D eigenvalue weighted by atomic mass is 16.3. The summed E-state index contributed by atoms with van der Waals surface area (Å²) in [5.74, 6) is 0.976. The van der Waals surface area contributed by atoms with E-state index in [2.05, 4.69) is 34.9 Å². The highest BCUT2D eigenvalue weighted by Gasteiger charge is 2.34. The summed E-state index contributed by atoms with van der Waals surface area (Å²) in [6.45, 7) is 4.43. The molecule has 2 aliphatic heterocycles. The summed E-state index contributed by atoms with van der Waals surface area (Å²) in [7, 11) is 0. The number of hydrogen-bond donors (Lipinski definition) is 1. The van der Waals surface area contributed by atoms with E-state index in [4.69, 9.17) is 4.99 Å². The number of guanidine groups is 1. The molecule has 0 bridgehead atoms. The molecule has 0 radical (unpaired) electrons. The van der Waals surface area contributed by atoms with Crippen LogP contribution in [0.15, 0.2) is 53.5 Å². The number of aryl methyl sites for hydroxylation is 1. The molecule has 23 heavy (non-hydrogen) atoms. The first-order chi connectivity index (χ1) is 11.2. The largest absolute Gasteiger partial charge is 0.387 e. The number of rotatable bonds is 3. The molecule has 1 atom stereocenters. The third kappa shape index (κ3) is 2.49. The number of para-hydroxylation sites is 2. The van der Waals surface area contributed by atoms with E-state index in [1.165, 1.54) is 11.3 Å². The normalized spacial score (nSPS) is 17.6. The Bertz CT molecular complexity index is 739. The molecule has 0 spiro atoms. The van der Waals surface area contributed by atoms with Crippen LogP contribution < -0.4 is 9.80 Å². The van der Waals surface area contributed by atoms with E-state index in [9.17, 15) is 5.11 Å². The van der Waals surface area contributed by atoms with Gasteiger partial charge < -0.3 is 14.9 Å². The van der Waals surface area contributed by atoms with Gasteiger partial charge in [0.25, 0.3) is 0 Å². The summed E-state index contributed by atoms with van der Waals surface area (Å²) >= 11 is 0. The van der Waals surface area contributed by atoms with Gasteiger partial charge >= 0.3 is 0 Å². The number of fused-ring (bicyclic) bond motifs is 3. The smallest absolute Gasteiger partial charge is 0.205 e. The van der Waals surface area contributed by atoms with Crippen molar-refractivity contribution in [2.45, 2.75) is 19.4 Å². The molecular weight excluding hydrogens is 286 g/mol. The second-order valence-corrected chi connectivity index (χ2v) is 6.21. The molecule has 2 aliphatic rings. The molecule has 2 aromatic carbocycles. The summed E-state index contributed by atoms with van der Waals surface area (Å²) in [5.41, 5.74) is 4.49. The maximum Gasteiger partial charge on any atom is 0.205 e. The fraction of sp³-hybridized carbons (Fsp3) is 0.316. The van der Waals surface area contributed by atoms with Crippen LogP contribution >= 0.6 is 0 Å². The molecule has 4 nitrogen and oxygen atoms in total. The lowest BCUT2D eigenvalue weighted by Gasteiger charge is -2.28. The zero-order valence-corrected chi connectivity index (χ0v) is 13.3. The Morgan fingerprint density at radius 3 is 2.61 bits per heavy atom. The van der Waals surface area contributed by atoms with Crippen molar-refractivity contribution in [2.24, 2.45) is 4.99 Å². The van der Waals surface area contributed by atoms with Crippen LogP contribution in [0.5, 0.6) is 0 Å². The molecule has 0 fully saturated rings. The number of nitrogens with zero attached hydrogens (tertiary/aromatic N) is 3. The van der Waals surface area contributed by atoms with Crippen LogP contribution in [0.25, 0.3) is 0 Å². The second-order valence-electron chi connectivity index (χ2n) is 6.21. The highest BCUT2D eigenvalue weighted by Crippen LogP contribution is 2.39. The Morgan fingerprint density at radius 2 is 1.83 bits per heavy atom. The number of hydrogen-bond acceptors (Lipinski definition) is 4. The Balaban J connectivity index is 1.65. The fourth-order valence-electron chi connectivity index (χ4n) is 3.33. The van der Waals surface area contributed by atoms with Crippen LogP contribution in [-0.2, 0) is 0 Å². The van der Waals surface area contributed by atoms with Gasteiger partial charge in [-0.1, -0.05) is 42.0 Å². The number of β-amino-alcohol motifs (C(OH)–C–C–N with tert-alkyl or cyclic N) is 1. The van der Waals surface area contributed by atoms with Gasteiger partial charge in [0.1, 0.15) is 0 Å². The van der Waals surface area contributed by atoms with Crippen molar-refractivity contribution in [3.8, 4) is 0 Å². The summed E-state index contributed by atoms with van der Waals surface area (Å²) in [6.07, 6.45) is 0.542. The first-order valence-corrected chi connectivity index (χ1v) is 8.17. The van der Waals surface area contributed by atoms with E-state index >= 15 is 0 Å². The monoisotopic (exact) mass is 307 g/mol. The van der Waals surface area contributed by atoms with Crippen molar-refractivity contribution in [1.82, 2.24) is 0 Å². The molecule has 0 unspecified atom stereocenters. The maximum absolute atomic E-state index is 10.7. The second kappa shape index (κ2) is 5.70. The fourth-order valence-corrected chi connectivity index (χ4v) is 3.33. The van der Waals surface area contributed by atoms with Crippen molar-refractivity contribution in [1.29, 1.82) is 0 Å². The number of aliphatic hydroxyl groups excluding tert-OH is 1. The molecule has 0 aromatic heterocycles. The van der Waals surface area contributed by atoms with Crippen LogP contribution in [0.3, 0.4) is 0 Å². The van der Waals surface area contributed by atoms with Crippen molar-refractivity contribution in [3.05, 3.63) is 59.7 Å². The molecule has 0 saturated heterocycles. The van der Waals surface area contributed by atoms with Crippen molar-refractivity contribution < 1.29 is 5.11 Å². The van der Waals surface area contributed by atoms with Gasteiger partial charge in [-0.3, -0.25) is 4.99 Å². The quantitative estimate of drug-likeness (QED) is 0.947. The zero-order chi connectivity index (χ0) is 15.8. The minimum atomic E-state index is -0.534. The molecule has 2 heterocycles. The molecule has 2 aromatic rings. The number of aliphatic imine (C=N–C) groups is 1. The molecule has 0 aliphatic carbocycles. The van der Waals surface area contributed by atoms with E-state index in [-0.39, 0.29) is 0 Å². The van der Waals surface area contributed by atoms with Gasteiger partial charge in [-0.15, -0.1) is 0 Å². The summed E-state index contributed by atoms with van der Waals surface area (Å²) in [6, 6.07) is 16.4. The third-order valence-electron chi connectivity index (χ3n) is 4.56. The highest BCUT2D eigenvalue weighted by molar-refractivity contribution is 6.16. The number of benzene rings is 2. The molecule has 4 rings (SSSR count). The predicted molar refractivity (Wildman–Crippen MR) is 94.2 cm³/mol. The SMILES string of the molecule is Cc1ccc([C@@H](O)CN2C3=NCCCN3c3ccccc32)cc1. The van der Waals surface area contributed by atoms with Crippen molar-refractivity contribution in [3.63, 3.8) is 0 Å². The third-order valence-corrected chi connectivity index (χ3v) is 4.56. The minimum Gasteiger partial charge on any atom is -0.387 e. The average Bonchev–Trinajstić information content (AvgIpc) is 2.90. The van der Waals surface area contributed by atoms with Crippen LogP contribution in [0.2, 0.25) is 0 Å². The molecule has 0 saturated carbocycles. The molecule has 0 amide bonds. The van der Waals surface area contributed by atoms with Crippen LogP contribution in [0.1, 0.15) is 23.7 Å². The number of aliphatic hydroxyl groups is 1. The molecule has 4 heteroatoms.